The third kappa shape index (κ3) is 22.9. The first-order chi connectivity index (χ1) is 49.0. The van der Waals surface area contributed by atoms with Crippen molar-refractivity contribution in [3.05, 3.63) is 196 Å². The smallest absolute Gasteiger partial charge is 0.416 e. The normalized spacial score (nSPS) is 17.6. The number of alkyl halides is 6. The summed E-state index contributed by atoms with van der Waals surface area (Å²) in [6, 6.07) is 39.8. The molecule has 0 aromatic heterocycles. The maximum absolute atomic E-state index is 14.3. The summed E-state index contributed by atoms with van der Waals surface area (Å²) in [5.74, 6) is -1.77. The second-order valence-electron chi connectivity index (χ2n) is 29.5. The third-order valence-corrected chi connectivity index (χ3v) is 20.7. The van der Waals surface area contributed by atoms with Gasteiger partial charge in [0.2, 0.25) is 11.8 Å². The zero-order chi connectivity index (χ0) is 73.7. The number of benzene rings is 6. The van der Waals surface area contributed by atoms with E-state index in [1.807, 2.05) is 103 Å². The number of fused-ring (bicyclic) bond motifs is 2. The number of likely N-dealkylation sites (N-methyl/N-ethyl adjacent to an activating group) is 2. The third-order valence-electron chi connectivity index (χ3n) is 20.7. The highest BCUT2D eigenvalue weighted by Crippen LogP contribution is 2.49. The fraction of sp³-hybridized carbons (Fsp3) is 0.487. The molecule has 2 atom stereocenters. The van der Waals surface area contributed by atoms with Crippen LogP contribution in [0.2, 0.25) is 0 Å². The van der Waals surface area contributed by atoms with Crippen LogP contribution in [-0.4, -0.2) is 189 Å². The standard InChI is InChI=1S/C80H97F7N8O8.3ClH/c1-76(2,3)54-94(40-16-8-11-24-71(96)90(5)46-47-92-41-33-66(34-42-92)103-75(100)88-69-23-15-13-21-67(69)58-18-9-7-10-19-58)52-57-25-27-59(28-26-57)73(98)91(6)39-17-38-89(4)72(97)53-101-70-50-60-20-12-14-22-68(60)77(70)35-43-93(44-36-77)45-37-78(62-29-31-65(81)32-30-62)55-95(56-102-78)74(99)61-48-63(79(82,83)84)51-64(49-61)80(85,86)87;;;/h7,9-10,12-15,18-23,25-32,48-49,51,66,70H,8,11,16-17,24,33-47,50,52-56H2,1-6H3,(H,88,100);3*1H/t70-,78-;;;/m0.../s1. The molecule has 0 bridgehead atoms. The van der Waals surface area contributed by atoms with Gasteiger partial charge in [-0.1, -0.05) is 124 Å². The van der Waals surface area contributed by atoms with Crippen LogP contribution < -0.4 is 5.32 Å². The Bertz CT molecular complexity index is 3830. The number of nitrogens with zero attached hydrogens (tertiary/aromatic N) is 7. The zero-order valence-electron chi connectivity index (χ0n) is 61.2. The first-order valence-electron chi connectivity index (χ1n) is 35.8. The van der Waals surface area contributed by atoms with Gasteiger partial charge in [0.1, 0.15) is 30.9 Å². The number of rotatable bonds is 28. The van der Waals surface area contributed by atoms with Gasteiger partial charge in [0.25, 0.3) is 11.8 Å². The number of anilines is 1. The van der Waals surface area contributed by atoms with Gasteiger partial charge in [-0.3, -0.25) is 29.4 Å². The summed E-state index contributed by atoms with van der Waals surface area (Å²) in [5, 5.41) is 2.94. The molecule has 6 aromatic carbocycles. The highest BCUT2D eigenvalue weighted by Gasteiger charge is 2.50. The molecular weight excluding hydrogens is 1440 g/mol. The molecule has 0 unspecified atom stereocenters. The number of hydrogen-bond acceptors (Lipinski definition) is 11. The lowest BCUT2D eigenvalue weighted by atomic mass is 9.72. The van der Waals surface area contributed by atoms with Gasteiger partial charge in [-0.2, -0.15) is 26.3 Å². The quantitative estimate of drug-likeness (QED) is 0.0370. The summed E-state index contributed by atoms with van der Waals surface area (Å²) < 4.78 is 116. The minimum Gasteiger partial charge on any atom is -0.446 e. The number of ether oxygens (including phenoxy) is 3. The van der Waals surface area contributed by atoms with Gasteiger partial charge < -0.3 is 43.6 Å². The zero-order valence-corrected chi connectivity index (χ0v) is 63.6. The molecular formula is C80H100Cl3F7N8O8. The van der Waals surface area contributed by atoms with E-state index in [1.54, 1.807) is 23.9 Å². The number of piperidine rings is 2. The van der Waals surface area contributed by atoms with E-state index in [1.165, 1.54) is 29.8 Å². The van der Waals surface area contributed by atoms with E-state index in [9.17, 15) is 54.7 Å². The molecule has 6 aromatic rings. The van der Waals surface area contributed by atoms with Crippen molar-refractivity contribution in [1.29, 1.82) is 0 Å². The molecule has 16 nitrogen and oxygen atoms in total. The molecule has 1 spiro atoms. The van der Waals surface area contributed by atoms with E-state index >= 15 is 0 Å². The minimum atomic E-state index is -5.15. The number of amides is 5. The SMILES string of the molecule is CN(CCN1CCC(OC(=O)Nc2ccccc2-c2ccccc2)CC1)C(=O)CCCCCN(Cc1ccc(C(=O)N(C)CCCN(C)C(=O)CO[C@H]2Cc3ccccc3C23CCN(CC[C@@]2(c4ccc(F)cc4)CN(C(=O)c4cc(C(F)(F)F)cc(C(F)(F)F)c4)CO2)CC3)cc1)CC(C)(C)C.Cl.Cl.Cl. The average molecular weight is 1540 g/mol. The Hall–Kier alpha value is -7.35. The maximum atomic E-state index is 14.3. The van der Waals surface area contributed by atoms with Crippen LogP contribution in [0, 0.1) is 11.2 Å². The van der Waals surface area contributed by atoms with Crippen LogP contribution in [0.5, 0.6) is 0 Å². The topological polar surface area (TPSA) is 148 Å². The van der Waals surface area contributed by atoms with E-state index in [4.69, 9.17) is 14.2 Å². The van der Waals surface area contributed by atoms with Crippen LogP contribution >= 0.6 is 37.2 Å². The molecule has 1 aliphatic carbocycles. The van der Waals surface area contributed by atoms with Gasteiger partial charge in [0.15, 0.2) is 0 Å². The second kappa shape index (κ2) is 38.1. The van der Waals surface area contributed by atoms with E-state index < -0.39 is 64.6 Å². The Balaban J connectivity index is 0.00000523. The van der Waals surface area contributed by atoms with Gasteiger partial charge >= 0.3 is 18.4 Å². The summed E-state index contributed by atoms with van der Waals surface area (Å²) in [7, 11) is 5.37. The Labute approximate surface area is 636 Å². The molecule has 26 heteroatoms. The number of unbranched alkanes of at least 4 members (excludes halogenated alkanes) is 2. The van der Waals surface area contributed by atoms with Crippen molar-refractivity contribution in [3.8, 4) is 11.1 Å². The van der Waals surface area contributed by atoms with E-state index in [0.717, 1.165) is 98.5 Å². The van der Waals surface area contributed by atoms with Gasteiger partial charge in [-0.25, -0.2) is 9.18 Å². The molecule has 1 N–H and O–H groups in total. The van der Waals surface area contributed by atoms with Gasteiger partial charge in [0.05, 0.1) is 29.5 Å². The molecule has 5 amide bonds. The van der Waals surface area contributed by atoms with Crippen molar-refractivity contribution in [3.63, 3.8) is 0 Å². The number of halogens is 10. The Kier molecular flexibility index (Phi) is 30.9. The average Bonchev–Trinajstić information content (AvgIpc) is 1.58. The number of hydrogen-bond donors (Lipinski definition) is 1. The Morgan fingerprint density at radius 1 is 0.632 bits per heavy atom. The molecule has 578 valence electrons. The summed E-state index contributed by atoms with van der Waals surface area (Å²) >= 11 is 0. The summed E-state index contributed by atoms with van der Waals surface area (Å²) in [6.07, 6.45) is -3.85. The molecule has 3 saturated heterocycles. The summed E-state index contributed by atoms with van der Waals surface area (Å²) in [6.45, 7) is 13.8. The predicted octanol–water partition coefficient (Wildman–Crippen LogP) is 15.7. The van der Waals surface area contributed by atoms with Crippen LogP contribution in [0.3, 0.4) is 0 Å². The summed E-state index contributed by atoms with van der Waals surface area (Å²) in [5.41, 5.74) is 1.50. The van der Waals surface area contributed by atoms with Gasteiger partial charge in [-0.05, 0) is 159 Å². The lowest BCUT2D eigenvalue weighted by molar-refractivity contribution is -0.143. The fourth-order valence-corrected chi connectivity index (χ4v) is 14.9. The van der Waals surface area contributed by atoms with E-state index in [-0.39, 0.29) is 98.2 Å². The number of para-hydroxylation sites is 1. The maximum Gasteiger partial charge on any atom is 0.416 e. The molecule has 0 saturated carbocycles. The molecule has 3 fully saturated rings. The molecule has 3 aliphatic heterocycles. The fourth-order valence-electron chi connectivity index (χ4n) is 14.9. The number of carbonyl (C=O) groups is 5. The molecule has 0 radical (unpaired) electrons. The van der Waals surface area contributed by atoms with E-state index in [0.29, 0.717) is 100 Å². The van der Waals surface area contributed by atoms with Crippen molar-refractivity contribution in [1.82, 2.24) is 34.3 Å². The first kappa shape index (κ1) is 85.9. The Morgan fingerprint density at radius 2 is 1.25 bits per heavy atom. The minimum absolute atomic E-state index is 0. The lowest BCUT2D eigenvalue weighted by Gasteiger charge is -2.44. The van der Waals surface area contributed by atoms with Crippen molar-refractivity contribution in [2.45, 2.75) is 134 Å². The van der Waals surface area contributed by atoms with Gasteiger partial charge in [-0.15, -0.1) is 37.2 Å². The van der Waals surface area contributed by atoms with Crippen molar-refractivity contribution in [2.24, 2.45) is 5.41 Å². The van der Waals surface area contributed by atoms with Crippen molar-refractivity contribution < 1.29 is 68.9 Å². The molecule has 106 heavy (non-hydrogen) atoms. The van der Waals surface area contributed by atoms with E-state index in [2.05, 4.69) is 52.9 Å². The van der Waals surface area contributed by atoms with Crippen molar-refractivity contribution in [2.75, 3.05) is 118 Å². The number of likely N-dealkylation sites (tertiary alicyclic amines) is 2. The monoisotopic (exact) mass is 1540 g/mol. The van der Waals surface area contributed by atoms with Crippen molar-refractivity contribution >= 4 is 72.6 Å². The largest absolute Gasteiger partial charge is 0.446 e. The Morgan fingerprint density at radius 3 is 1.91 bits per heavy atom. The van der Waals surface area contributed by atoms with Crippen LogP contribution in [0.25, 0.3) is 11.1 Å². The summed E-state index contributed by atoms with van der Waals surface area (Å²) in [4.78, 5) is 80.6. The van der Waals surface area contributed by atoms with Crippen LogP contribution in [0.1, 0.15) is 139 Å². The predicted molar refractivity (Wildman–Crippen MR) is 403 cm³/mol. The number of carbonyl (C=O) groups excluding carboxylic acids is 5. The van der Waals surface area contributed by atoms with Gasteiger partial charge in [0, 0.05) is 109 Å². The van der Waals surface area contributed by atoms with Crippen LogP contribution in [-0.2, 0) is 60.1 Å². The molecule has 4 aliphatic rings. The lowest BCUT2D eigenvalue weighted by Crippen LogP contribution is -2.50. The van der Waals surface area contributed by atoms with Crippen LogP contribution in [0.15, 0.2) is 146 Å². The second-order valence-corrected chi connectivity index (χ2v) is 29.5. The van der Waals surface area contributed by atoms with Crippen LogP contribution in [0.4, 0.5) is 41.2 Å². The molecule has 10 rings (SSSR count). The number of nitrogens with one attached hydrogen (secondary N) is 1. The molecule has 3 heterocycles. The highest BCUT2D eigenvalue weighted by molar-refractivity contribution is 5.95. The highest BCUT2D eigenvalue weighted by atomic mass is 35.5. The first-order valence-corrected chi connectivity index (χ1v) is 35.8.